The van der Waals surface area contributed by atoms with E-state index < -0.39 is 6.10 Å². The van der Waals surface area contributed by atoms with E-state index in [1.165, 1.54) is 6.92 Å². The standard InChI is InChI=1S/C15H22N2O3/c1-10(18)11-8-13(17(2)9-11)15(20)16-12-6-4-3-5-7-14(12)19/h8-9,12,14,19H,3-7H2,1-2H3,(H,16,20). The number of carbonyl (C=O) groups excluding carboxylic acids is 2. The molecular formula is C15H22N2O3. The molecule has 1 aromatic rings. The first-order chi connectivity index (χ1) is 9.49. The summed E-state index contributed by atoms with van der Waals surface area (Å²) in [5.41, 5.74) is 0.978. The predicted octanol–water partition coefficient (Wildman–Crippen LogP) is 1.65. The number of nitrogens with zero attached hydrogens (tertiary/aromatic N) is 1. The highest BCUT2D eigenvalue weighted by atomic mass is 16.3. The molecule has 5 nitrogen and oxygen atoms in total. The van der Waals surface area contributed by atoms with Gasteiger partial charge < -0.3 is 15.0 Å². The molecule has 1 aliphatic carbocycles. The summed E-state index contributed by atoms with van der Waals surface area (Å²) < 4.78 is 1.65. The number of rotatable bonds is 3. The second-order valence-corrected chi connectivity index (χ2v) is 5.57. The van der Waals surface area contributed by atoms with Crippen LogP contribution in [0, 0.1) is 0 Å². The van der Waals surface area contributed by atoms with Gasteiger partial charge in [0.1, 0.15) is 5.69 Å². The zero-order valence-electron chi connectivity index (χ0n) is 12.1. The van der Waals surface area contributed by atoms with Gasteiger partial charge in [-0.3, -0.25) is 9.59 Å². The SMILES string of the molecule is CC(=O)c1cc(C(=O)NC2CCCCCC2O)n(C)c1. The van der Waals surface area contributed by atoms with Crippen molar-refractivity contribution in [2.45, 2.75) is 51.2 Å². The lowest BCUT2D eigenvalue weighted by Gasteiger charge is -2.21. The second kappa shape index (κ2) is 6.22. The minimum Gasteiger partial charge on any atom is -0.391 e. The summed E-state index contributed by atoms with van der Waals surface area (Å²) in [6.07, 6.45) is 5.84. The highest BCUT2D eigenvalue weighted by molar-refractivity contribution is 5.99. The van der Waals surface area contributed by atoms with E-state index in [9.17, 15) is 14.7 Å². The Morgan fingerprint density at radius 3 is 2.65 bits per heavy atom. The fourth-order valence-corrected chi connectivity index (χ4v) is 2.68. The lowest BCUT2D eigenvalue weighted by Crippen LogP contribution is -2.43. The fraction of sp³-hybridized carbons (Fsp3) is 0.600. The lowest BCUT2D eigenvalue weighted by molar-refractivity contribution is 0.0811. The van der Waals surface area contributed by atoms with Gasteiger partial charge in [0.05, 0.1) is 12.1 Å². The third-order valence-electron chi connectivity index (χ3n) is 3.94. The number of nitrogens with one attached hydrogen (secondary N) is 1. The number of Topliss-reactive ketones (excluding diaryl/α,β-unsaturated/α-hetero) is 1. The van der Waals surface area contributed by atoms with Crippen molar-refractivity contribution in [2.75, 3.05) is 0 Å². The molecule has 1 saturated carbocycles. The van der Waals surface area contributed by atoms with Crippen LogP contribution in [0.2, 0.25) is 0 Å². The zero-order chi connectivity index (χ0) is 14.7. The molecule has 1 aromatic heterocycles. The van der Waals surface area contributed by atoms with Crippen molar-refractivity contribution in [3.05, 3.63) is 23.5 Å². The van der Waals surface area contributed by atoms with Crippen molar-refractivity contribution >= 4 is 11.7 Å². The van der Waals surface area contributed by atoms with E-state index in [1.54, 1.807) is 23.9 Å². The molecule has 20 heavy (non-hydrogen) atoms. The minimum absolute atomic E-state index is 0.0610. The van der Waals surface area contributed by atoms with Crippen LogP contribution >= 0.6 is 0 Å². The largest absolute Gasteiger partial charge is 0.391 e. The highest BCUT2D eigenvalue weighted by Crippen LogP contribution is 2.18. The fourth-order valence-electron chi connectivity index (χ4n) is 2.68. The summed E-state index contributed by atoms with van der Waals surface area (Å²) in [4.78, 5) is 23.6. The number of hydrogen-bond donors (Lipinski definition) is 2. The Kier molecular flexibility index (Phi) is 4.60. The topological polar surface area (TPSA) is 71.3 Å². The summed E-state index contributed by atoms with van der Waals surface area (Å²) in [6, 6.07) is 1.40. The van der Waals surface area contributed by atoms with Gasteiger partial charge in [-0.25, -0.2) is 0 Å². The van der Waals surface area contributed by atoms with E-state index in [0.717, 1.165) is 32.1 Å². The molecule has 0 saturated heterocycles. The van der Waals surface area contributed by atoms with Crippen LogP contribution in [0.4, 0.5) is 0 Å². The molecule has 110 valence electrons. The van der Waals surface area contributed by atoms with Gasteiger partial charge in [0.2, 0.25) is 0 Å². The molecule has 1 aliphatic rings. The Morgan fingerprint density at radius 1 is 1.30 bits per heavy atom. The van der Waals surface area contributed by atoms with Gasteiger partial charge >= 0.3 is 0 Å². The molecule has 0 bridgehead atoms. The van der Waals surface area contributed by atoms with Gasteiger partial charge in [0.25, 0.3) is 5.91 Å². The van der Waals surface area contributed by atoms with Crippen LogP contribution in [0.5, 0.6) is 0 Å². The Hall–Kier alpha value is -1.62. The third kappa shape index (κ3) is 3.28. The molecule has 0 aromatic carbocycles. The quantitative estimate of drug-likeness (QED) is 0.652. The van der Waals surface area contributed by atoms with E-state index in [2.05, 4.69) is 5.32 Å². The van der Waals surface area contributed by atoms with Crippen LogP contribution in [0.3, 0.4) is 0 Å². The number of aryl methyl sites for hydroxylation is 1. The van der Waals surface area contributed by atoms with Gasteiger partial charge in [0.15, 0.2) is 5.78 Å². The van der Waals surface area contributed by atoms with Crippen LogP contribution in [0.1, 0.15) is 59.9 Å². The van der Waals surface area contributed by atoms with Crippen LogP contribution in [0.25, 0.3) is 0 Å². The van der Waals surface area contributed by atoms with Crippen LogP contribution in [-0.4, -0.2) is 33.5 Å². The number of aliphatic hydroxyl groups excluding tert-OH is 1. The monoisotopic (exact) mass is 278 g/mol. The average molecular weight is 278 g/mol. The molecule has 0 aliphatic heterocycles. The van der Waals surface area contributed by atoms with Gasteiger partial charge in [-0.2, -0.15) is 0 Å². The minimum atomic E-state index is -0.478. The van der Waals surface area contributed by atoms with Crippen molar-refractivity contribution in [3.63, 3.8) is 0 Å². The second-order valence-electron chi connectivity index (χ2n) is 5.57. The van der Waals surface area contributed by atoms with E-state index >= 15 is 0 Å². The van der Waals surface area contributed by atoms with Crippen molar-refractivity contribution in [1.29, 1.82) is 0 Å². The summed E-state index contributed by atoms with van der Waals surface area (Å²) >= 11 is 0. The van der Waals surface area contributed by atoms with Crippen molar-refractivity contribution in [1.82, 2.24) is 9.88 Å². The van der Waals surface area contributed by atoms with E-state index in [1.807, 2.05) is 0 Å². The number of ketones is 1. The van der Waals surface area contributed by atoms with E-state index in [4.69, 9.17) is 0 Å². The maximum atomic E-state index is 12.3. The Balaban J connectivity index is 2.09. The van der Waals surface area contributed by atoms with Gasteiger partial charge in [-0.15, -0.1) is 0 Å². The number of carbonyl (C=O) groups is 2. The maximum Gasteiger partial charge on any atom is 0.268 e. The highest BCUT2D eigenvalue weighted by Gasteiger charge is 2.24. The third-order valence-corrected chi connectivity index (χ3v) is 3.94. The zero-order valence-corrected chi connectivity index (χ0v) is 12.1. The summed E-state index contributed by atoms with van der Waals surface area (Å²) in [7, 11) is 1.74. The van der Waals surface area contributed by atoms with E-state index in [-0.39, 0.29) is 17.7 Å². The van der Waals surface area contributed by atoms with Crippen LogP contribution in [0.15, 0.2) is 12.3 Å². The molecule has 5 heteroatoms. The summed E-state index contributed by atoms with van der Waals surface area (Å²) in [6.45, 7) is 1.48. The molecule has 1 heterocycles. The Bertz CT molecular complexity index is 507. The van der Waals surface area contributed by atoms with Gasteiger partial charge in [0, 0.05) is 18.8 Å². The van der Waals surface area contributed by atoms with Crippen LogP contribution in [-0.2, 0) is 7.05 Å². The summed E-state index contributed by atoms with van der Waals surface area (Å²) in [5.74, 6) is -0.292. The first-order valence-electron chi connectivity index (χ1n) is 7.15. The normalized spacial score (nSPS) is 23.1. The number of amides is 1. The molecule has 0 radical (unpaired) electrons. The average Bonchev–Trinajstić information content (AvgIpc) is 2.68. The number of aliphatic hydroxyl groups is 1. The van der Waals surface area contributed by atoms with Gasteiger partial charge in [-0.05, 0) is 25.8 Å². The lowest BCUT2D eigenvalue weighted by atomic mass is 10.1. The van der Waals surface area contributed by atoms with Crippen LogP contribution < -0.4 is 5.32 Å². The maximum absolute atomic E-state index is 12.3. The first kappa shape index (κ1) is 14.8. The molecule has 2 unspecified atom stereocenters. The molecule has 2 rings (SSSR count). The Labute approximate surface area is 119 Å². The molecule has 2 N–H and O–H groups in total. The molecule has 2 atom stereocenters. The number of aromatic nitrogens is 1. The number of hydrogen-bond acceptors (Lipinski definition) is 3. The Morgan fingerprint density at radius 2 is 2.00 bits per heavy atom. The van der Waals surface area contributed by atoms with Gasteiger partial charge in [-0.1, -0.05) is 19.3 Å². The molecule has 1 fully saturated rings. The van der Waals surface area contributed by atoms with Crippen molar-refractivity contribution < 1.29 is 14.7 Å². The smallest absolute Gasteiger partial charge is 0.268 e. The molecule has 1 amide bonds. The predicted molar refractivity (Wildman–Crippen MR) is 75.8 cm³/mol. The van der Waals surface area contributed by atoms with Crippen molar-refractivity contribution in [3.8, 4) is 0 Å². The molecular weight excluding hydrogens is 256 g/mol. The first-order valence-corrected chi connectivity index (χ1v) is 7.15. The van der Waals surface area contributed by atoms with E-state index in [0.29, 0.717) is 11.3 Å². The van der Waals surface area contributed by atoms with Crippen molar-refractivity contribution in [2.24, 2.45) is 7.05 Å². The molecule has 0 spiro atoms. The summed E-state index contributed by atoms with van der Waals surface area (Å²) in [5, 5.41) is 12.9.